The third-order valence-corrected chi connectivity index (χ3v) is 11.0. The van der Waals surface area contributed by atoms with E-state index in [0.717, 1.165) is 44.4 Å². The Morgan fingerprint density at radius 1 is 0.931 bits per heavy atom. The average molecular weight is 407 g/mol. The molecule has 4 aliphatic carbocycles. The summed E-state index contributed by atoms with van der Waals surface area (Å²) in [6.45, 7) is 10.0. The molecule has 0 saturated heterocycles. The van der Waals surface area contributed by atoms with Crippen LogP contribution in [0.4, 0.5) is 0 Å². The van der Waals surface area contributed by atoms with Gasteiger partial charge >= 0.3 is 0 Å². The number of hydrogen-bond donors (Lipinski definition) is 3. The fraction of sp³-hybridized carbons (Fsp3) is 1.00. The van der Waals surface area contributed by atoms with Crippen LogP contribution in [0.15, 0.2) is 0 Å². The van der Waals surface area contributed by atoms with Gasteiger partial charge in [-0.2, -0.15) is 0 Å². The van der Waals surface area contributed by atoms with Crippen LogP contribution in [0.3, 0.4) is 0 Å². The molecule has 0 radical (unpaired) electrons. The van der Waals surface area contributed by atoms with E-state index in [4.69, 9.17) is 0 Å². The quantitative estimate of drug-likeness (QED) is 0.601. The lowest BCUT2D eigenvalue weighted by molar-refractivity contribution is -0.203. The molecule has 0 aromatic carbocycles. The summed E-state index contributed by atoms with van der Waals surface area (Å²) in [6, 6.07) is 0. The van der Waals surface area contributed by atoms with Crippen molar-refractivity contribution in [1.82, 2.24) is 0 Å². The second-order valence-electron chi connectivity index (χ2n) is 12.0. The fourth-order valence-electron chi connectivity index (χ4n) is 9.55. The normalized spacial score (nSPS) is 53.1. The van der Waals surface area contributed by atoms with Crippen molar-refractivity contribution in [3.63, 3.8) is 0 Å². The minimum atomic E-state index is -0.190. The van der Waals surface area contributed by atoms with Gasteiger partial charge in [0.05, 0.1) is 12.2 Å². The van der Waals surface area contributed by atoms with Crippen molar-refractivity contribution in [2.75, 3.05) is 6.61 Å². The molecule has 3 nitrogen and oxygen atoms in total. The molecule has 0 bridgehead atoms. The van der Waals surface area contributed by atoms with E-state index in [2.05, 4.69) is 27.7 Å². The summed E-state index contributed by atoms with van der Waals surface area (Å²) >= 11 is 0. The molecule has 0 amide bonds. The third kappa shape index (κ3) is 3.33. The molecule has 4 aliphatic rings. The summed E-state index contributed by atoms with van der Waals surface area (Å²) in [5.41, 5.74) is 0.651. The van der Waals surface area contributed by atoms with Gasteiger partial charge in [-0.05, 0) is 110 Å². The first-order chi connectivity index (χ1) is 13.8. The summed E-state index contributed by atoms with van der Waals surface area (Å²) in [5.74, 6) is 3.97. The van der Waals surface area contributed by atoms with E-state index in [-0.39, 0.29) is 12.2 Å². The van der Waals surface area contributed by atoms with Crippen molar-refractivity contribution in [2.45, 2.75) is 104 Å². The van der Waals surface area contributed by atoms with Crippen molar-refractivity contribution in [3.8, 4) is 0 Å². The molecule has 0 spiro atoms. The highest BCUT2D eigenvalue weighted by atomic mass is 16.3. The summed E-state index contributed by atoms with van der Waals surface area (Å²) in [4.78, 5) is 0. The standard InChI is InChI=1S/C26H46O3/c1-5-18-22-15-17(28)10-12-26(22,4)21-11-13-25(3)19(16(2)7-6-14-27)8-9-20(25)23(21)24(18)29/h16-24,27-29H,5-15H2,1-4H3/t16?,17?,18?,19-,20+,21-,22+,23+,24?,25-,26-/m1/s1. The highest BCUT2D eigenvalue weighted by Crippen LogP contribution is 2.69. The van der Waals surface area contributed by atoms with Crippen LogP contribution in [0.2, 0.25) is 0 Å². The number of aliphatic hydroxyl groups is 3. The Morgan fingerprint density at radius 3 is 2.31 bits per heavy atom. The molecule has 4 unspecified atom stereocenters. The Bertz CT molecular complexity index is 578. The molecule has 4 rings (SSSR count). The Balaban J connectivity index is 1.63. The predicted octanol–water partition coefficient (Wildman–Crippen LogP) is 5.02. The van der Waals surface area contributed by atoms with Gasteiger partial charge in [0.1, 0.15) is 0 Å². The molecule has 3 N–H and O–H groups in total. The Hall–Kier alpha value is -0.120. The van der Waals surface area contributed by atoms with Crippen LogP contribution in [0.25, 0.3) is 0 Å². The largest absolute Gasteiger partial charge is 0.396 e. The zero-order chi connectivity index (χ0) is 21.0. The van der Waals surface area contributed by atoms with Crippen LogP contribution in [0.1, 0.15) is 91.9 Å². The lowest BCUT2D eigenvalue weighted by Gasteiger charge is -2.64. The van der Waals surface area contributed by atoms with Crippen LogP contribution in [-0.4, -0.2) is 34.1 Å². The molecular formula is C26H46O3. The van der Waals surface area contributed by atoms with Crippen molar-refractivity contribution >= 4 is 0 Å². The van der Waals surface area contributed by atoms with Gasteiger partial charge in [0.2, 0.25) is 0 Å². The molecule has 168 valence electrons. The van der Waals surface area contributed by atoms with E-state index in [0.29, 0.717) is 52.9 Å². The number of hydrogen-bond acceptors (Lipinski definition) is 3. The summed E-state index contributed by atoms with van der Waals surface area (Å²) in [6.07, 6.45) is 10.9. The van der Waals surface area contributed by atoms with Gasteiger partial charge in [0, 0.05) is 6.61 Å². The van der Waals surface area contributed by atoms with E-state index < -0.39 is 0 Å². The number of aliphatic hydroxyl groups excluding tert-OH is 3. The maximum Gasteiger partial charge on any atom is 0.0605 e. The highest BCUT2D eigenvalue weighted by Gasteiger charge is 2.64. The first-order valence-electron chi connectivity index (χ1n) is 12.7. The smallest absolute Gasteiger partial charge is 0.0605 e. The summed E-state index contributed by atoms with van der Waals surface area (Å²) in [5, 5.41) is 31.4. The van der Waals surface area contributed by atoms with Crippen LogP contribution < -0.4 is 0 Å². The van der Waals surface area contributed by atoms with Crippen LogP contribution in [0.5, 0.6) is 0 Å². The van der Waals surface area contributed by atoms with Gasteiger partial charge in [0.25, 0.3) is 0 Å². The zero-order valence-corrected chi connectivity index (χ0v) is 19.3. The summed E-state index contributed by atoms with van der Waals surface area (Å²) in [7, 11) is 0. The first-order valence-corrected chi connectivity index (χ1v) is 12.7. The minimum Gasteiger partial charge on any atom is -0.396 e. The zero-order valence-electron chi connectivity index (χ0n) is 19.3. The molecule has 0 heterocycles. The molecule has 0 aromatic rings. The van der Waals surface area contributed by atoms with Crippen molar-refractivity contribution in [3.05, 3.63) is 0 Å². The Morgan fingerprint density at radius 2 is 1.62 bits per heavy atom. The van der Waals surface area contributed by atoms with E-state index >= 15 is 0 Å². The molecule has 0 aliphatic heterocycles. The summed E-state index contributed by atoms with van der Waals surface area (Å²) < 4.78 is 0. The molecule has 11 atom stereocenters. The van der Waals surface area contributed by atoms with E-state index in [1.54, 1.807) is 0 Å². The SMILES string of the molecule is CCC1C(O)[C@@H]2[C@@H](CC[C@]3(C)[C@@H](C(C)CCCO)CC[C@@H]23)[C@@]2(C)CCC(O)C[C@@H]12. The Labute approximate surface area is 178 Å². The van der Waals surface area contributed by atoms with E-state index in [9.17, 15) is 15.3 Å². The Kier molecular flexibility index (Phi) is 6.17. The van der Waals surface area contributed by atoms with E-state index in [1.807, 2.05) is 0 Å². The monoisotopic (exact) mass is 406 g/mol. The minimum absolute atomic E-state index is 0.164. The lowest BCUT2D eigenvalue weighted by atomic mass is 9.41. The fourth-order valence-corrected chi connectivity index (χ4v) is 9.55. The number of rotatable bonds is 5. The van der Waals surface area contributed by atoms with Crippen LogP contribution in [0, 0.1) is 52.3 Å². The van der Waals surface area contributed by atoms with Gasteiger partial charge in [-0.1, -0.05) is 34.1 Å². The maximum absolute atomic E-state index is 11.7. The third-order valence-electron chi connectivity index (χ3n) is 11.0. The lowest BCUT2D eigenvalue weighted by Crippen LogP contribution is -2.62. The van der Waals surface area contributed by atoms with Crippen LogP contribution in [-0.2, 0) is 0 Å². The second kappa shape index (κ2) is 8.10. The number of fused-ring (bicyclic) bond motifs is 5. The maximum atomic E-state index is 11.7. The van der Waals surface area contributed by atoms with Gasteiger partial charge in [-0.3, -0.25) is 0 Å². The van der Waals surface area contributed by atoms with Crippen molar-refractivity contribution in [1.29, 1.82) is 0 Å². The molecular weight excluding hydrogens is 360 g/mol. The van der Waals surface area contributed by atoms with E-state index in [1.165, 1.54) is 25.7 Å². The average Bonchev–Trinajstić information content (AvgIpc) is 3.05. The highest BCUT2D eigenvalue weighted by molar-refractivity contribution is 5.13. The van der Waals surface area contributed by atoms with Gasteiger partial charge in [-0.15, -0.1) is 0 Å². The molecule has 29 heavy (non-hydrogen) atoms. The second-order valence-corrected chi connectivity index (χ2v) is 12.0. The van der Waals surface area contributed by atoms with Crippen molar-refractivity contribution < 1.29 is 15.3 Å². The molecule has 4 fully saturated rings. The van der Waals surface area contributed by atoms with Gasteiger partial charge < -0.3 is 15.3 Å². The first kappa shape index (κ1) is 22.1. The predicted molar refractivity (Wildman–Crippen MR) is 117 cm³/mol. The van der Waals surface area contributed by atoms with Crippen molar-refractivity contribution in [2.24, 2.45) is 52.3 Å². The van der Waals surface area contributed by atoms with Crippen LogP contribution >= 0.6 is 0 Å². The topological polar surface area (TPSA) is 60.7 Å². The van der Waals surface area contributed by atoms with Gasteiger partial charge in [-0.25, -0.2) is 0 Å². The molecule has 3 heteroatoms. The molecule has 0 aromatic heterocycles. The molecule has 4 saturated carbocycles. The van der Waals surface area contributed by atoms with Gasteiger partial charge in [0.15, 0.2) is 0 Å².